The number of ether oxygens (including phenoxy) is 1. The van der Waals surface area contributed by atoms with Crippen molar-refractivity contribution in [1.29, 1.82) is 0 Å². The van der Waals surface area contributed by atoms with Gasteiger partial charge in [-0.25, -0.2) is 9.48 Å². The molecule has 2 aromatic carbocycles. The average Bonchev–Trinajstić information content (AvgIpc) is 3.21. The molecule has 0 fully saturated rings. The van der Waals surface area contributed by atoms with Gasteiger partial charge in [-0.1, -0.05) is 48.0 Å². The molecule has 0 radical (unpaired) electrons. The molecule has 1 aromatic heterocycles. The summed E-state index contributed by atoms with van der Waals surface area (Å²) in [5, 5.41) is 26.9. The van der Waals surface area contributed by atoms with Crippen molar-refractivity contribution in [2.45, 2.75) is 50.1 Å². The molecule has 0 aliphatic heterocycles. The van der Waals surface area contributed by atoms with Crippen molar-refractivity contribution in [3.8, 4) is 17.0 Å². The van der Waals surface area contributed by atoms with E-state index < -0.39 is 48.6 Å². The number of nitrogens with one attached hydrogen (secondary N) is 1. The van der Waals surface area contributed by atoms with Gasteiger partial charge in [0.2, 0.25) is 5.88 Å². The Hall–Kier alpha value is -3.71. The number of hydrogen-bond donors (Lipinski definition) is 3. The summed E-state index contributed by atoms with van der Waals surface area (Å²) < 4.78 is 70.0. The first-order valence-electron chi connectivity index (χ1n) is 11.8. The number of aliphatic hydroxyl groups excluding tert-OH is 1. The number of carbonyl (C=O) groups excluding carboxylic acids is 2. The third-order valence-electron chi connectivity index (χ3n) is 5.98. The molecule has 0 spiro atoms. The lowest BCUT2D eigenvalue weighted by Crippen LogP contribution is -2.49. The Labute approximate surface area is 230 Å². The lowest BCUT2D eigenvalue weighted by molar-refractivity contribution is -0.312. The van der Waals surface area contributed by atoms with E-state index in [4.69, 9.17) is 11.6 Å². The molecule has 0 aliphatic carbocycles. The molecule has 0 aliphatic rings. The van der Waals surface area contributed by atoms with Crippen LogP contribution in [-0.4, -0.2) is 62.2 Å². The van der Waals surface area contributed by atoms with Crippen molar-refractivity contribution in [1.82, 2.24) is 15.1 Å². The van der Waals surface area contributed by atoms with E-state index in [2.05, 4.69) is 15.2 Å². The first-order chi connectivity index (χ1) is 18.6. The number of rotatable bonds is 10. The van der Waals surface area contributed by atoms with E-state index in [1.807, 2.05) is 6.07 Å². The van der Waals surface area contributed by atoms with Gasteiger partial charge in [-0.2, -0.15) is 27.1 Å². The summed E-state index contributed by atoms with van der Waals surface area (Å²) in [7, 11) is 1.38. The van der Waals surface area contributed by atoms with Crippen LogP contribution in [0.3, 0.4) is 0 Å². The summed E-state index contributed by atoms with van der Waals surface area (Å²) in [4.78, 5) is 24.9. The summed E-state index contributed by atoms with van der Waals surface area (Å²) in [5.74, 6) is -8.18. The van der Waals surface area contributed by atoms with Gasteiger partial charge >= 0.3 is 18.1 Å². The van der Waals surface area contributed by atoms with Gasteiger partial charge in [0.05, 0.1) is 0 Å². The van der Waals surface area contributed by atoms with Crippen LogP contribution in [-0.2, 0) is 23.0 Å². The maximum atomic E-state index is 13.5. The smallest absolute Gasteiger partial charge is 0.457 e. The second kappa shape index (κ2) is 12.2. The Morgan fingerprint density at radius 2 is 1.73 bits per heavy atom. The van der Waals surface area contributed by atoms with Crippen LogP contribution >= 0.6 is 11.6 Å². The predicted molar refractivity (Wildman–Crippen MR) is 134 cm³/mol. The Morgan fingerprint density at radius 3 is 2.27 bits per heavy atom. The van der Waals surface area contributed by atoms with Crippen LogP contribution in [0.25, 0.3) is 11.1 Å². The van der Waals surface area contributed by atoms with Crippen LogP contribution < -0.4 is 5.32 Å². The monoisotopic (exact) mass is 589 g/mol. The molecule has 3 N–H and O–H groups in total. The number of nitrogens with zero attached hydrogens (tertiary/aromatic N) is 2. The minimum absolute atomic E-state index is 0.0129. The molecule has 8 nitrogen and oxygen atoms in total. The topological polar surface area (TPSA) is 114 Å². The minimum atomic E-state index is -5.97. The van der Waals surface area contributed by atoms with Crippen molar-refractivity contribution >= 4 is 23.5 Å². The molecule has 0 bridgehead atoms. The van der Waals surface area contributed by atoms with Crippen LogP contribution in [0.1, 0.15) is 29.4 Å². The quantitative estimate of drug-likeness (QED) is 0.234. The van der Waals surface area contributed by atoms with Gasteiger partial charge in [0, 0.05) is 30.6 Å². The molecule has 0 saturated heterocycles. The maximum absolute atomic E-state index is 13.5. The highest BCUT2D eigenvalue weighted by atomic mass is 35.5. The summed E-state index contributed by atoms with van der Waals surface area (Å²) in [6.07, 6.45) is -11.6. The molecule has 3 aromatic rings. The number of aliphatic hydroxyl groups is 1. The largest absolute Gasteiger partial charge is 0.493 e. The number of halogens is 6. The Balaban J connectivity index is 1.77. The zero-order chi connectivity index (χ0) is 29.8. The maximum Gasteiger partial charge on any atom is 0.457 e. The van der Waals surface area contributed by atoms with E-state index in [1.54, 1.807) is 42.5 Å². The molecule has 0 saturated carbocycles. The molecule has 216 valence electrons. The Bertz CT molecular complexity index is 1330. The zero-order valence-corrected chi connectivity index (χ0v) is 21.9. The lowest BCUT2D eigenvalue weighted by Gasteiger charge is -2.27. The highest BCUT2D eigenvalue weighted by molar-refractivity contribution is 6.30. The predicted octanol–water partition coefficient (Wildman–Crippen LogP) is 4.67. The number of aryl methyl sites for hydroxylation is 1. The molecule has 40 heavy (non-hydrogen) atoms. The molecule has 1 amide bonds. The third-order valence-corrected chi connectivity index (χ3v) is 6.21. The van der Waals surface area contributed by atoms with E-state index in [0.29, 0.717) is 17.5 Å². The molecule has 3 atom stereocenters. The number of amides is 1. The van der Waals surface area contributed by atoms with E-state index in [0.717, 1.165) is 21.9 Å². The van der Waals surface area contributed by atoms with Gasteiger partial charge in [0.1, 0.15) is 0 Å². The van der Waals surface area contributed by atoms with Crippen LogP contribution in [0.4, 0.5) is 22.0 Å². The fraction of sp³-hybridized carbons (Fsp3) is 0.346. The summed E-state index contributed by atoms with van der Waals surface area (Å²) in [5.41, 5.74) is 2.08. The highest BCUT2D eigenvalue weighted by Crippen LogP contribution is 2.39. The van der Waals surface area contributed by atoms with Gasteiger partial charge in [-0.05, 0) is 42.2 Å². The van der Waals surface area contributed by atoms with Crippen LogP contribution in [0, 0.1) is 0 Å². The first-order valence-corrected chi connectivity index (χ1v) is 12.2. The minimum Gasteiger partial charge on any atom is -0.493 e. The summed E-state index contributed by atoms with van der Waals surface area (Å²) in [6, 6.07) is 14.1. The number of aromatic nitrogens is 2. The van der Waals surface area contributed by atoms with Gasteiger partial charge in [-0.3, -0.25) is 4.79 Å². The van der Waals surface area contributed by atoms with E-state index in [9.17, 15) is 41.8 Å². The van der Waals surface area contributed by atoms with Crippen molar-refractivity contribution in [2.24, 2.45) is 7.05 Å². The number of carbonyl (C=O) groups is 2. The SMILES string of the molecule is CC(OC(=O)[C@H](O)C[C@@H](Cc1ccc(-c2cccc(Cl)c2)cc1)NC(=O)c1cc(O)n(C)n1)C(F)(F)C(F)(F)F. The van der Waals surface area contributed by atoms with Crippen molar-refractivity contribution < 1.29 is 46.5 Å². The molecule has 1 unspecified atom stereocenters. The van der Waals surface area contributed by atoms with E-state index >= 15 is 0 Å². The van der Waals surface area contributed by atoms with Gasteiger partial charge in [0.15, 0.2) is 17.9 Å². The number of hydrogen-bond acceptors (Lipinski definition) is 6. The average molecular weight is 590 g/mol. The van der Waals surface area contributed by atoms with Gasteiger partial charge < -0.3 is 20.3 Å². The number of esters is 1. The normalized spacial score (nSPS) is 14.3. The molecule has 14 heteroatoms. The Morgan fingerprint density at radius 1 is 1.07 bits per heavy atom. The molecule has 1 heterocycles. The second-order valence-corrected chi connectivity index (χ2v) is 9.48. The number of benzene rings is 2. The fourth-order valence-corrected chi connectivity index (χ4v) is 3.92. The van der Waals surface area contributed by atoms with Crippen LogP contribution in [0.2, 0.25) is 5.02 Å². The van der Waals surface area contributed by atoms with Crippen molar-refractivity contribution in [2.75, 3.05) is 0 Å². The third kappa shape index (κ3) is 7.48. The summed E-state index contributed by atoms with van der Waals surface area (Å²) >= 11 is 6.04. The van der Waals surface area contributed by atoms with Crippen molar-refractivity contribution in [3.05, 3.63) is 70.9 Å². The highest BCUT2D eigenvalue weighted by Gasteiger charge is 2.62. The van der Waals surface area contributed by atoms with Gasteiger partial charge in [-0.15, -0.1) is 0 Å². The van der Waals surface area contributed by atoms with Crippen molar-refractivity contribution in [3.63, 3.8) is 0 Å². The first kappa shape index (κ1) is 30.8. The zero-order valence-electron chi connectivity index (χ0n) is 21.1. The second-order valence-electron chi connectivity index (χ2n) is 9.04. The molecular weight excluding hydrogens is 565 g/mol. The van der Waals surface area contributed by atoms with E-state index in [1.165, 1.54) is 7.05 Å². The number of alkyl halides is 5. The lowest BCUT2D eigenvalue weighted by atomic mass is 9.97. The van der Waals surface area contributed by atoms with Crippen LogP contribution in [0.15, 0.2) is 54.6 Å². The number of aromatic hydroxyl groups is 1. The van der Waals surface area contributed by atoms with E-state index in [-0.39, 0.29) is 18.0 Å². The van der Waals surface area contributed by atoms with Crippen LogP contribution in [0.5, 0.6) is 5.88 Å². The summed E-state index contributed by atoms with van der Waals surface area (Å²) in [6.45, 7) is 0.354. The standard InChI is InChI=1S/C26H25ClF5N3O5/c1-14(25(28,29)26(30,31)32)40-24(39)21(36)12-19(33-23(38)20-13-22(37)35(2)34-20)10-15-6-8-16(9-7-15)17-4-3-5-18(27)11-17/h3-9,11,13-14,19,21,36-37H,10,12H2,1-2H3,(H,33,38)/t14?,19-,21-/m1/s1. The van der Waals surface area contributed by atoms with Gasteiger partial charge in [0.25, 0.3) is 5.91 Å². The Kier molecular flexibility index (Phi) is 9.41. The fourth-order valence-electron chi connectivity index (χ4n) is 3.73. The molecular formula is C26H25ClF5N3O5. The molecule has 3 rings (SSSR count).